The van der Waals surface area contributed by atoms with E-state index in [1.165, 1.54) is 24.3 Å². The van der Waals surface area contributed by atoms with Crippen LogP contribution in [0.5, 0.6) is 5.75 Å². The molecular formula is C13H9Br3O4S2. The molecule has 0 aromatic heterocycles. The van der Waals surface area contributed by atoms with Crippen molar-refractivity contribution in [3.8, 4) is 5.75 Å². The fourth-order valence-corrected chi connectivity index (χ4v) is 4.68. The highest BCUT2D eigenvalue weighted by molar-refractivity contribution is 9.42. The Morgan fingerprint density at radius 3 is 1.95 bits per heavy atom. The summed E-state index contributed by atoms with van der Waals surface area (Å²) in [5.74, 6) is 0.311. The Kier molecular flexibility index (Phi) is 5.87. The van der Waals surface area contributed by atoms with Crippen molar-refractivity contribution in [2.24, 2.45) is 0 Å². The van der Waals surface area contributed by atoms with Crippen LogP contribution >= 0.6 is 47.8 Å². The maximum absolute atomic E-state index is 12.2. The lowest BCUT2D eigenvalue weighted by atomic mass is 10.3. The van der Waals surface area contributed by atoms with Gasteiger partial charge in [0.25, 0.3) is 0 Å². The van der Waals surface area contributed by atoms with E-state index in [1.54, 1.807) is 24.3 Å². The van der Waals surface area contributed by atoms with E-state index < -0.39 is 22.4 Å². The second-order valence-corrected chi connectivity index (χ2v) is 15.6. The first kappa shape index (κ1) is 18.1. The summed E-state index contributed by atoms with van der Waals surface area (Å²) in [6.07, 6.45) is 0. The summed E-state index contributed by atoms with van der Waals surface area (Å²) in [5.41, 5.74) is 0. The van der Waals surface area contributed by atoms with E-state index in [0.29, 0.717) is 10.6 Å². The zero-order valence-corrected chi connectivity index (χ0v) is 17.2. The molecular weight excluding hydrogens is 524 g/mol. The zero-order valence-electron chi connectivity index (χ0n) is 10.8. The number of halogens is 3. The fraction of sp³-hybridized carbons (Fsp3) is 0.0769. The van der Waals surface area contributed by atoms with Gasteiger partial charge in [0.05, 0.1) is 9.79 Å². The molecule has 0 aliphatic carbocycles. The van der Waals surface area contributed by atoms with Gasteiger partial charge in [0.2, 0.25) is 22.4 Å². The van der Waals surface area contributed by atoms with E-state index in [1.807, 2.05) is 6.07 Å². The molecule has 22 heavy (non-hydrogen) atoms. The van der Waals surface area contributed by atoms with E-state index in [-0.39, 0.29) is 4.90 Å². The van der Waals surface area contributed by atoms with Gasteiger partial charge in [-0.25, -0.2) is 12.6 Å². The Labute approximate surface area is 156 Å². The summed E-state index contributed by atoms with van der Waals surface area (Å²) in [6.45, 7) is 0. The van der Waals surface area contributed by atoms with Crippen LogP contribution in [0.15, 0.2) is 64.4 Å². The van der Waals surface area contributed by atoms with Crippen LogP contribution in [0.1, 0.15) is 0 Å². The number of sulfone groups is 1. The first-order valence-electron chi connectivity index (χ1n) is 5.78. The van der Waals surface area contributed by atoms with Crippen molar-refractivity contribution in [3.63, 3.8) is 0 Å². The Balaban J connectivity index is 2.19. The first-order valence-corrected chi connectivity index (χ1v) is 10.7. The van der Waals surface area contributed by atoms with Crippen LogP contribution < -0.4 is 4.18 Å². The molecule has 0 aliphatic heterocycles. The highest BCUT2D eigenvalue weighted by Crippen LogP contribution is 2.43. The van der Waals surface area contributed by atoms with Crippen molar-refractivity contribution in [1.82, 2.24) is 0 Å². The largest absolute Gasteiger partial charge is 0.397 e. The highest BCUT2D eigenvalue weighted by Gasteiger charge is 2.37. The molecule has 0 saturated carbocycles. The second-order valence-electron chi connectivity index (χ2n) is 4.05. The third kappa shape index (κ3) is 4.19. The van der Waals surface area contributed by atoms with E-state index in [9.17, 15) is 12.6 Å². The van der Waals surface area contributed by atoms with Gasteiger partial charge >= 0.3 is 0 Å². The SMILES string of the molecule is O=S(Oc1ccc(S(=O)(=O)C(Br)(Br)Br)cc1)c1ccccc1. The molecule has 0 aliphatic rings. The van der Waals surface area contributed by atoms with E-state index in [4.69, 9.17) is 4.18 Å². The molecule has 2 aromatic carbocycles. The molecule has 1 atom stereocenters. The normalized spacial score (nSPS) is 13.6. The predicted octanol–water partition coefficient (Wildman–Crippen LogP) is 4.36. The molecule has 0 saturated heterocycles. The molecule has 0 N–H and O–H groups in total. The van der Waals surface area contributed by atoms with Crippen molar-refractivity contribution in [3.05, 3.63) is 54.6 Å². The van der Waals surface area contributed by atoms with E-state index in [0.717, 1.165) is 0 Å². The minimum Gasteiger partial charge on any atom is -0.397 e. The summed E-state index contributed by atoms with van der Waals surface area (Å²) >= 11 is 7.32. The van der Waals surface area contributed by atoms with Crippen molar-refractivity contribution in [2.75, 3.05) is 0 Å². The lowest BCUT2D eigenvalue weighted by Crippen LogP contribution is -2.17. The molecule has 2 aromatic rings. The molecule has 0 heterocycles. The van der Waals surface area contributed by atoms with Crippen LogP contribution in [0.25, 0.3) is 0 Å². The van der Waals surface area contributed by atoms with E-state index in [2.05, 4.69) is 47.8 Å². The van der Waals surface area contributed by atoms with Gasteiger partial charge < -0.3 is 4.18 Å². The van der Waals surface area contributed by atoms with Crippen LogP contribution in [0.3, 0.4) is 0 Å². The molecule has 4 nitrogen and oxygen atoms in total. The van der Waals surface area contributed by atoms with Crippen molar-refractivity contribution in [1.29, 1.82) is 0 Å². The number of alkyl halides is 3. The summed E-state index contributed by atoms with van der Waals surface area (Å²) in [4.78, 5) is 0.607. The maximum atomic E-state index is 12.2. The Morgan fingerprint density at radius 1 is 0.909 bits per heavy atom. The van der Waals surface area contributed by atoms with Gasteiger partial charge in [-0.1, -0.05) is 18.2 Å². The molecule has 2 rings (SSSR count). The van der Waals surface area contributed by atoms with Crippen LogP contribution in [0, 0.1) is 0 Å². The van der Waals surface area contributed by atoms with Crippen LogP contribution in [0.2, 0.25) is 0 Å². The molecule has 9 heteroatoms. The number of hydrogen-bond donors (Lipinski definition) is 0. The lowest BCUT2D eigenvalue weighted by molar-refractivity contribution is 0.561. The zero-order chi connectivity index (χ0) is 16.4. The van der Waals surface area contributed by atoms with Crippen molar-refractivity contribution >= 4 is 68.7 Å². The van der Waals surface area contributed by atoms with Gasteiger partial charge in [-0.2, -0.15) is 0 Å². The molecule has 0 amide bonds. The molecule has 1 unspecified atom stereocenters. The third-order valence-electron chi connectivity index (χ3n) is 2.55. The lowest BCUT2D eigenvalue weighted by Gasteiger charge is -2.13. The molecule has 118 valence electrons. The third-order valence-corrected chi connectivity index (χ3v) is 8.89. The number of benzene rings is 2. The Morgan fingerprint density at radius 2 is 1.45 bits per heavy atom. The minimum atomic E-state index is -3.66. The Hall–Kier alpha value is -0.220. The van der Waals surface area contributed by atoms with Crippen LogP contribution in [-0.4, -0.2) is 14.1 Å². The fourth-order valence-electron chi connectivity index (χ4n) is 1.48. The van der Waals surface area contributed by atoms with E-state index >= 15 is 0 Å². The van der Waals surface area contributed by atoms with Crippen molar-refractivity contribution < 1.29 is 16.8 Å². The van der Waals surface area contributed by atoms with Gasteiger partial charge in [0, 0.05) is 0 Å². The number of rotatable bonds is 4. The van der Waals surface area contributed by atoms with Crippen LogP contribution in [0.4, 0.5) is 0 Å². The summed E-state index contributed by atoms with van der Waals surface area (Å²) in [7, 11) is -3.66. The summed E-state index contributed by atoms with van der Waals surface area (Å²) in [5, 5.41) is 0. The average Bonchev–Trinajstić information content (AvgIpc) is 2.47. The Bertz CT molecular complexity index is 769. The molecule has 0 bridgehead atoms. The molecule has 0 fully saturated rings. The van der Waals surface area contributed by atoms with Crippen LogP contribution in [-0.2, 0) is 20.9 Å². The first-order chi connectivity index (χ1) is 10.2. The van der Waals surface area contributed by atoms with Gasteiger partial charge in [-0.15, -0.1) is 0 Å². The second kappa shape index (κ2) is 7.12. The summed E-state index contributed by atoms with van der Waals surface area (Å²) in [6, 6.07) is 14.4. The smallest absolute Gasteiger partial charge is 0.240 e. The standard InChI is InChI=1S/C13H9Br3O4S2/c14-13(15,16)22(18,19)12-8-6-10(7-9-12)20-21(17)11-4-2-1-3-5-11/h1-9H. The quantitative estimate of drug-likeness (QED) is 0.549. The highest BCUT2D eigenvalue weighted by atomic mass is 80.0. The van der Waals surface area contributed by atoms with Gasteiger partial charge in [-0.05, 0) is 84.2 Å². The molecule has 0 spiro atoms. The van der Waals surface area contributed by atoms with Gasteiger partial charge in [-0.3, -0.25) is 0 Å². The maximum Gasteiger partial charge on any atom is 0.240 e. The summed E-state index contributed by atoms with van der Waals surface area (Å²) < 4.78 is 40.2. The average molecular weight is 533 g/mol. The van der Waals surface area contributed by atoms with Gasteiger partial charge in [0.15, 0.2) is 0 Å². The topological polar surface area (TPSA) is 60.4 Å². The monoisotopic (exact) mass is 530 g/mol. The minimum absolute atomic E-state index is 0.0796. The van der Waals surface area contributed by atoms with Gasteiger partial charge in [0.1, 0.15) is 5.75 Å². The predicted molar refractivity (Wildman–Crippen MR) is 96.6 cm³/mol. The number of hydrogen-bond acceptors (Lipinski definition) is 4. The molecule has 0 radical (unpaired) electrons. The van der Waals surface area contributed by atoms with Crippen molar-refractivity contribution in [2.45, 2.75) is 11.3 Å².